The minimum atomic E-state index is 0.209. The third-order valence-corrected chi connectivity index (χ3v) is 4.01. The zero-order valence-corrected chi connectivity index (χ0v) is 13.6. The van der Waals surface area contributed by atoms with Crippen LogP contribution in [0, 0.1) is 6.92 Å². The molecule has 1 aromatic carbocycles. The Kier molecular flexibility index (Phi) is 5.15. The number of nitrogens with one attached hydrogen (secondary N) is 1. The molecular weight excluding hydrogens is 316 g/mol. The Bertz CT molecular complexity index is 586. The molecule has 0 spiro atoms. The molecule has 2 rings (SSSR count). The normalized spacial score (nSPS) is 12.2. The first-order valence-corrected chi connectivity index (χ1v) is 7.53. The van der Waals surface area contributed by atoms with Gasteiger partial charge in [-0.05, 0) is 50.2 Å². The number of ether oxygens (including phenoxy) is 1. The van der Waals surface area contributed by atoms with Crippen LogP contribution in [0.15, 0.2) is 41.0 Å². The van der Waals surface area contributed by atoms with Gasteiger partial charge in [-0.2, -0.15) is 0 Å². The van der Waals surface area contributed by atoms with Crippen molar-refractivity contribution in [2.24, 2.45) is 0 Å². The summed E-state index contributed by atoms with van der Waals surface area (Å²) in [6.07, 6.45) is 1.75. The maximum Gasteiger partial charge on any atom is 0.223 e. The second-order valence-electron chi connectivity index (χ2n) is 4.69. The van der Waals surface area contributed by atoms with Crippen molar-refractivity contribution in [2.75, 3.05) is 6.54 Å². The van der Waals surface area contributed by atoms with E-state index < -0.39 is 0 Å². The second kappa shape index (κ2) is 6.86. The number of hydrogen-bond acceptors (Lipinski definition) is 3. The molecule has 1 aromatic heterocycles. The van der Waals surface area contributed by atoms with E-state index in [-0.39, 0.29) is 6.04 Å². The third kappa shape index (κ3) is 3.58. The molecule has 1 N–H and O–H groups in total. The molecule has 0 aliphatic heterocycles. The molecule has 0 saturated heterocycles. The molecule has 0 saturated carbocycles. The summed E-state index contributed by atoms with van der Waals surface area (Å²) in [4.78, 5) is 4.36. The first kappa shape index (κ1) is 15.0. The van der Waals surface area contributed by atoms with Gasteiger partial charge >= 0.3 is 0 Å². The number of pyridine rings is 1. The predicted molar refractivity (Wildman–Crippen MR) is 85.3 cm³/mol. The number of rotatable bonds is 5. The van der Waals surface area contributed by atoms with Gasteiger partial charge in [-0.15, -0.1) is 0 Å². The van der Waals surface area contributed by atoms with Crippen LogP contribution in [0.1, 0.15) is 31.0 Å². The van der Waals surface area contributed by atoms with Gasteiger partial charge in [0.1, 0.15) is 5.75 Å². The number of aryl methyl sites for hydroxylation is 1. The van der Waals surface area contributed by atoms with E-state index in [0.717, 1.165) is 27.9 Å². The fraction of sp³-hybridized carbons (Fsp3) is 0.312. The van der Waals surface area contributed by atoms with Crippen LogP contribution in [-0.4, -0.2) is 11.5 Å². The molecule has 3 nitrogen and oxygen atoms in total. The van der Waals surface area contributed by atoms with E-state index in [1.807, 2.05) is 37.3 Å². The van der Waals surface area contributed by atoms with E-state index in [1.54, 1.807) is 6.20 Å². The van der Waals surface area contributed by atoms with Crippen molar-refractivity contribution < 1.29 is 4.74 Å². The SMILES string of the molecule is CCNC(C)c1cccnc1Oc1ccc(Br)c(C)c1. The van der Waals surface area contributed by atoms with Gasteiger partial charge in [-0.1, -0.05) is 28.9 Å². The highest BCUT2D eigenvalue weighted by Crippen LogP contribution is 2.29. The summed E-state index contributed by atoms with van der Waals surface area (Å²) < 4.78 is 7.02. The molecule has 0 fully saturated rings. The summed E-state index contributed by atoms with van der Waals surface area (Å²) in [5.41, 5.74) is 2.20. The smallest absolute Gasteiger partial charge is 0.223 e. The van der Waals surface area contributed by atoms with Crippen molar-refractivity contribution in [1.29, 1.82) is 0 Å². The molecule has 20 heavy (non-hydrogen) atoms. The summed E-state index contributed by atoms with van der Waals surface area (Å²) in [6.45, 7) is 7.15. The number of aromatic nitrogens is 1. The van der Waals surface area contributed by atoms with E-state index in [1.165, 1.54) is 0 Å². The highest BCUT2D eigenvalue weighted by molar-refractivity contribution is 9.10. The fourth-order valence-electron chi connectivity index (χ4n) is 2.03. The Labute approximate surface area is 128 Å². The lowest BCUT2D eigenvalue weighted by molar-refractivity contribution is 0.443. The summed E-state index contributed by atoms with van der Waals surface area (Å²) >= 11 is 3.49. The molecular formula is C16H19BrN2O. The molecule has 1 heterocycles. The Morgan fingerprint density at radius 1 is 1.35 bits per heavy atom. The average molecular weight is 335 g/mol. The van der Waals surface area contributed by atoms with Crippen LogP contribution in [0.5, 0.6) is 11.6 Å². The minimum absolute atomic E-state index is 0.209. The van der Waals surface area contributed by atoms with E-state index in [4.69, 9.17) is 4.74 Å². The Morgan fingerprint density at radius 3 is 2.85 bits per heavy atom. The Hall–Kier alpha value is -1.39. The molecule has 0 radical (unpaired) electrons. The molecule has 1 unspecified atom stereocenters. The predicted octanol–water partition coefficient (Wildman–Crippen LogP) is 4.62. The van der Waals surface area contributed by atoms with Gasteiger partial charge in [0.25, 0.3) is 0 Å². The first-order valence-electron chi connectivity index (χ1n) is 6.74. The van der Waals surface area contributed by atoms with Crippen LogP contribution in [0.2, 0.25) is 0 Å². The Morgan fingerprint density at radius 2 is 2.15 bits per heavy atom. The molecule has 4 heteroatoms. The van der Waals surface area contributed by atoms with E-state index in [9.17, 15) is 0 Å². The zero-order valence-electron chi connectivity index (χ0n) is 12.0. The highest BCUT2D eigenvalue weighted by Gasteiger charge is 2.12. The second-order valence-corrected chi connectivity index (χ2v) is 5.54. The lowest BCUT2D eigenvalue weighted by Crippen LogP contribution is -2.18. The van der Waals surface area contributed by atoms with Crippen molar-refractivity contribution in [3.63, 3.8) is 0 Å². The first-order chi connectivity index (χ1) is 9.61. The lowest BCUT2D eigenvalue weighted by atomic mass is 10.1. The van der Waals surface area contributed by atoms with Crippen molar-refractivity contribution in [3.8, 4) is 11.6 Å². The molecule has 106 valence electrons. The highest BCUT2D eigenvalue weighted by atomic mass is 79.9. The van der Waals surface area contributed by atoms with E-state index in [2.05, 4.69) is 40.1 Å². The standard InChI is InChI=1S/C16H19BrN2O/c1-4-18-12(3)14-6-5-9-19-16(14)20-13-7-8-15(17)11(2)10-13/h5-10,12,18H,4H2,1-3H3. The molecule has 0 bridgehead atoms. The third-order valence-electron chi connectivity index (χ3n) is 3.12. The summed E-state index contributed by atoms with van der Waals surface area (Å²) in [7, 11) is 0. The summed E-state index contributed by atoms with van der Waals surface area (Å²) in [5.74, 6) is 1.46. The largest absolute Gasteiger partial charge is 0.439 e. The lowest BCUT2D eigenvalue weighted by Gasteiger charge is -2.16. The van der Waals surface area contributed by atoms with Crippen LogP contribution in [0.4, 0.5) is 0 Å². The van der Waals surface area contributed by atoms with Crippen LogP contribution in [0.3, 0.4) is 0 Å². The topological polar surface area (TPSA) is 34.2 Å². The molecule has 0 amide bonds. The van der Waals surface area contributed by atoms with Crippen LogP contribution >= 0.6 is 15.9 Å². The zero-order chi connectivity index (χ0) is 14.5. The monoisotopic (exact) mass is 334 g/mol. The minimum Gasteiger partial charge on any atom is -0.439 e. The molecule has 0 aliphatic rings. The number of hydrogen-bond donors (Lipinski definition) is 1. The van der Waals surface area contributed by atoms with Crippen LogP contribution < -0.4 is 10.1 Å². The van der Waals surface area contributed by atoms with E-state index >= 15 is 0 Å². The number of halogens is 1. The van der Waals surface area contributed by atoms with Gasteiger partial charge in [0.2, 0.25) is 5.88 Å². The van der Waals surface area contributed by atoms with Gasteiger partial charge in [-0.25, -0.2) is 4.98 Å². The van der Waals surface area contributed by atoms with Gasteiger partial charge in [0.15, 0.2) is 0 Å². The molecule has 0 aliphatic carbocycles. The quantitative estimate of drug-likeness (QED) is 0.866. The number of nitrogens with zero attached hydrogens (tertiary/aromatic N) is 1. The fourth-order valence-corrected chi connectivity index (χ4v) is 2.27. The van der Waals surface area contributed by atoms with Crippen LogP contribution in [0.25, 0.3) is 0 Å². The van der Waals surface area contributed by atoms with Crippen molar-refractivity contribution in [2.45, 2.75) is 26.8 Å². The van der Waals surface area contributed by atoms with Crippen molar-refractivity contribution >= 4 is 15.9 Å². The van der Waals surface area contributed by atoms with Gasteiger partial charge in [-0.3, -0.25) is 0 Å². The average Bonchev–Trinajstić information content (AvgIpc) is 2.44. The summed E-state index contributed by atoms with van der Waals surface area (Å²) in [6, 6.07) is 10.1. The Balaban J connectivity index is 2.26. The van der Waals surface area contributed by atoms with Crippen molar-refractivity contribution in [1.82, 2.24) is 10.3 Å². The van der Waals surface area contributed by atoms with Gasteiger partial charge in [0.05, 0.1) is 0 Å². The maximum absolute atomic E-state index is 5.94. The maximum atomic E-state index is 5.94. The van der Waals surface area contributed by atoms with E-state index in [0.29, 0.717) is 5.88 Å². The van der Waals surface area contributed by atoms with Gasteiger partial charge < -0.3 is 10.1 Å². The molecule has 2 aromatic rings. The van der Waals surface area contributed by atoms with Crippen molar-refractivity contribution in [3.05, 3.63) is 52.1 Å². The summed E-state index contributed by atoms with van der Waals surface area (Å²) in [5, 5.41) is 3.38. The van der Waals surface area contributed by atoms with Gasteiger partial charge in [0, 0.05) is 22.3 Å². The number of benzene rings is 1. The van der Waals surface area contributed by atoms with Crippen LogP contribution in [-0.2, 0) is 0 Å². The molecule has 1 atom stereocenters.